The molecule has 2 aromatic heterocycles. The molecule has 0 saturated heterocycles. The van der Waals surface area contributed by atoms with E-state index in [0.717, 1.165) is 28.5 Å². The van der Waals surface area contributed by atoms with Gasteiger partial charge in [0, 0.05) is 41.2 Å². The second kappa shape index (κ2) is 10.4. The van der Waals surface area contributed by atoms with Crippen LogP contribution in [0.1, 0.15) is 40.0 Å². The Morgan fingerprint density at radius 3 is 2.82 bits per heavy atom. The van der Waals surface area contributed by atoms with Gasteiger partial charge in [-0.2, -0.15) is 4.98 Å². The van der Waals surface area contributed by atoms with Crippen molar-refractivity contribution in [1.29, 1.82) is 0 Å². The number of hydrogen-bond donors (Lipinski definition) is 1. The molecule has 2 N–H and O–H groups in total. The third kappa shape index (κ3) is 5.06. The fourth-order valence-corrected chi connectivity index (χ4v) is 3.78. The summed E-state index contributed by atoms with van der Waals surface area (Å²) in [5.74, 6) is 1.37. The first-order valence-electron chi connectivity index (χ1n) is 11.6. The average molecular weight is 463 g/mol. The first-order chi connectivity index (χ1) is 16.5. The van der Waals surface area contributed by atoms with Crippen LogP contribution < -0.4 is 10.5 Å². The predicted molar refractivity (Wildman–Crippen MR) is 131 cm³/mol. The lowest BCUT2D eigenvalue weighted by molar-refractivity contribution is -0.143. The summed E-state index contributed by atoms with van der Waals surface area (Å²) >= 11 is 0. The smallest absolute Gasteiger partial charge is 0.305 e. The van der Waals surface area contributed by atoms with Crippen molar-refractivity contribution in [2.45, 2.75) is 52.7 Å². The largest absolute Gasteiger partial charge is 0.489 e. The van der Waals surface area contributed by atoms with E-state index >= 15 is 0 Å². The van der Waals surface area contributed by atoms with Crippen LogP contribution in [0.3, 0.4) is 0 Å². The molecule has 2 heterocycles. The van der Waals surface area contributed by atoms with Crippen molar-refractivity contribution in [2.24, 2.45) is 0 Å². The Morgan fingerprint density at radius 1 is 1.21 bits per heavy atom. The molecule has 0 radical (unpaired) electrons. The predicted octanol–water partition coefficient (Wildman–Crippen LogP) is 5.46. The molecule has 0 aliphatic rings. The van der Waals surface area contributed by atoms with Crippen LogP contribution in [0, 0.1) is 0 Å². The number of ether oxygens (including phenoxy) is 2. The Balaban J connectivity index is 1.54. The quantitative estimate of drug-likeness (QED) is 0.246. The number of esters is 1. The van der Waals surface area contributed by atoms with E-state index in [4.69, 9.17) is 19.7 Å². The minimum absolute atomic E-state index is 0.0844. The number of rotatable bonds is 10. The molecule has 2 aromatic carbocycles. The minimum atomic E-state index is -0.168. The summed E-state index contributed by atoms with van der Waals surface area (Å²) in [6, 6.07) is 13.5. The molecular weight excluding hydrogens is 432 g/mol. The number of nitrogens with zero attached hydrogens (tertiary/aromatic N) is 3. The molecule has 34 heavy (non-hydrogen) atoms. The number of carbonyl (C=O) groups is 1. The van der Waals surface area contributed by atoms with Crippen molar-refractivity contribution in [1.82, 2.24) is 14.7 Å². The summed E-state index contributed by atoms with van der Waals surface area (Å²) in [7, 11) is 0. The Morgan fingerprint density at radius 2 is 2.06 bits per heavy atom. The highest BCUT2D eigenvalue weighted by molar-refractivity contribution is 5.94. The molecule has 0 aliphatic carbocycles. The van der Waals surface area contributed by atoms with Crippen molar-refractivity contribution in [3.8, 4) is 28.6 Å². The van der Waals surface area contributed by atoms with Gasteiger partial charge in [0.2, 0.25) is 5.82 Å². The number of hydrogen-bond acceptors (Lipinski definition) is 7. The number of nitrogens with two attached hydrogens (primary N) is 1. The van der Waals surface area contributed by atoms with Crippen molar-refractivity contribution < 1.29 is 18.8 Å². The zero-order chi connectivity index (χ0) is 24.1. The molecule has 4 aromatic rings. The van der Waals surface area contributed by atoms with Crippen LogP contribution in [-0.2, 0) is 16.1 Å². The monoisotopic (exact) mass is 462 g/mol. The number of aromatic nitrogens is 3. The van der Waals surface area contributed by atoms with Crippen LogP contribution in [0.2, 0.25) is 0 Å². The van der Waals surface area contributed by atoms with Gasteiger partial charge in [-0.3, -0.25) is 4.79 Å². The van der Waals surface area contributed by atoms with Gasteiger partial charge in [0.15, 0.2) is 0 Å². The van der Waals surface area contributed by atoms with Crippen LogP contribution in [0.25, 0.3) is 33.7 Å². The highest BCUT2D eigenvalue weighted by Crippen LogP contribution is 2.32. The molecule has 0 amide bonds. The van der Waals surface area contributed by atoms with Gasteiger partial charge < -0.3 is 24.3 Å². The molecular formula is C26H30N4O4. The Kier molecular flexibility index (Phi) is 7.15. The number of nitrogen functional groups attached to an aromatic ring is 1. The van der Waals surface area contributed by atoms with E-state index in [1.54, 1.807) is 6.07 Å². The van der Waals surface area contributed by atoms with Crippen molar-refractivity contribution in [3.63, 3.8) is 0 Å². The lowest BCUT2D eigenvalue weighted by Crippen LogP contribution is -2.10. The highest BCUT2D eigenvalue weighted by atomic mass is 16.5. The summed E-state index contributed by atoms with van der Waals surface area (Å²) in [5, 5.41) is 5.23. The van der Waals surface area contributed by atoms with E-state index in [2.05, 4.69) is 21.6 Å². The SMILES string of the molecule is CCOC(=O)CCCn1ccc2c(-c3noc(-c4ccc(O[C@H](C)CC)c(N)c4)n3)cccc21. The lowest BCUT2D eigenvalue weighted by Gasteiger charge is -2.14. The van der Waals surface area contributed by atoms with Gasteiger partial charge in [-0.25, -0.2) is 0 Å². The van der Waals surface area contributed by atoms with Gasteiger partial charge in [-0.15, -0.1) is 0 Å². The van der Waals surface area contributed by atoms with Gasteiger partial charge in [0.25, 0.3) is 5.89 Å². The lowest BCUT2D eigenvalue weighted by atomic mass is 10.1. The maximum absolute atomic E-state index is 11.6. The van der Waals surface area contributed by atoms with Crippen LogP contribution >= 0.6 is 0 Å². The number of aryl methyl sites for hydroxylation is 1. The zero-order valence-electron chi connectivity index (χ0n) is 19.8. The fourth-order valence-electron chi connectivity index (χ4n) is 3.78. The summed E-state index contributed by atoms with van der Waals surface area (Å²) in [6.07, 6.45) is 4.09. The average Bonchev–Trinajstić information content (AvgIpc) is 3.48. The molecule has 0 saturated carbocycles. The number of fused-ring (bicyclic) bond motifs is 1. The zero-order valence-corrected chi connectivity index (χ0v) is 19.8. The molecule has 1 atom stereocenters. The summed E-state index contributed by atoms with van der Waals surface area (Å²) in [5.41, 5.74) is 9.37. The van der Waals surface area contributed by atoms with Gasteiger partial charge >= 0.3 is 5.97 Å². The third-order valence-electron chi connectivity index (χ3n) is 5.73. The van der Waals surface area contributed by atoms with Gasteiger partial charge in [0.05, 0.1) is 18.4 Å². The fraction of sp³-hybridized carbons (Fsp3) is 0.346. The van der Waals surface area contributed by atoms with Crippen molar-refractivity contribution in [3.05, 3.63) is 48.7 Å². The molecule has 4 rings (SSSR count). The van der Waals surface area contributed by atoms with E-state index < -0.39 is 0 Å². The van der Waals surface area contributed by atoms with E-state index in [0.29, 0.717) is 49.1 Å². The maximum Gasteiger partial charge on any atom is 0.305 e. The Labute approximate surface area is 198 Å². The van der Waals surface area contributed by atoms with Crippen LogP contribution in [0.5, 0.6) is 5.75 Å². The van der Waals surface area contributed by atoms with Crippen molar-refractivity contribution in [2.75, 3.05) is 12.3 Å². The minimum Gasteiger partial charge on any atom is -0.489 e. The van der Waals surface area contributed by atoms with Crippen LogP contribution in [0.4, 0.5) is 5.69 Å². The summed E-state index contributed by atoms with van der Waals surface area (Å²) in [4.78, 5) is 16.2. The van der Waals surface area contributed by atoms with E-state index in [1.807, 2.05) is 56.4 Å². The summed E-state index contributed by atoms with van der Waals surface area (Å²) in [6.45, 7) is 7.01. The Bertz CT molecular complexity index is 1280. The summed E-state index contributed by atoms with van der Waals surface area (Å²) < 4.78 is 18.5. The molecule has 178 valence electrons. The van der Waals surface area contributed by atoms with Crippen molar-refractivity contribution >= 4 is 22.6 Å². The maximum atomic E-state index is 11.6. The normalized spacial score (nSPS) is 12.1. The number of anilines is 1. The van der Waals surface area contributed by atoms with E-state index in [1.165, 1.54) is 0 Å². The second-order valence-corrected chi connectivity index (χ2v) is 8.17. The molecule has 0 bridgehead atoms. The molecule has 8 nitrogen and oxygen atoms in total. The van der Waals surface area contributed by atoms with Crippen LogP contribution in [-0.4, -0.2) is 33.4 Å². The second-order valence-electron chi connectivity index (χ2n) is 8.17. The van der Waals surface area contributed by atoms with Gasteiger partial charge in [-0.05, 0) is 57.0 Å². The molecule has 0 unspecified atom stereocenters. The Hall–Kier alpha value is -3.81. The first-order valence-corrected chi connectivity index (χ1v) is 11.6. The molecule has 8 heteroatoms. The number of carbonyl (C=O) groups excluding carboxylic acids is 1. The standard InChI is InChI=1S/C26H30N4O4/c1-4-17(3)33-23-12-11-18(16-21(23)27)26-28-25(29-34-26)20-8-6-9-22-19(20)13-15-30(22)14-7-10-24(31)32-5-2/h6,8-9,11-13,15-17H,4-5,7,10,14,27H2,1-3H3/t17-/m1/s1. The van der Waals surface area contributed by atoms with Gasteiger partial charge in [0.1, 0.15) is 5.75 Å². The highest BCUT2D eigenvalue weighted by Gasteiger charge is 2.16. The third-order valence-corrected chi connectivity index (χ3v) is 5.73. The number of benzene rings is 2. The topological polar surface area (TPSA) is 105 Å². The molecule has 0 fully saturated rings. The van der Waals surface area contributed by atoms with E-state index in [-0.39, 0.29) is 12.1 Å². The van der Waals surface area contributed by atoms with E-state index in [9.17, 15) is 4.79 Å². The van der Waals surface area contributed by atoms with Gasteiger partial charge in [-0.1, -0.05) is 24.2 Å². The molecule has 0 spiro atoms. The first kappa shape index (κ1) is 23.4. The molecule has 0 aliphatic heterocycles. The van der Waals surface area contributed by atoms with Crippen LogP contribution in [0.15, 0.2) is 53.2 Å².